The second kappa shape index (κ2) is 6.76. The fourth-order valence-corrected chi connectivity index (χ4v) is 3.22. The van der Waals surface area contributed by atoms with E-state index in [0.29, 0.717) is 23.0 Å². The molecule has 0 fully saturated rings. The zero-order chi connectivity index (χ0) is 18.1. The Morgan fingerprint density at radius 1 is 1.15 bits per heavy atom. The molecule has 0 saturated heterocycles. The van der Waals surface area contributed by atoms with Crippen LogP contribution >= 0.6 is 15.9 Å². The fraction of sp³-hybridized carbons (Fsp3) is 0.105. The maximum atomic E-state index is 12.3. The first-order valence-corrected chi connectivity index (χ1v) is 8.69. The number of carbonyl (C=O) groups is 1. The molecule has 0 spiro atoms. The highest BCUT2D eigenvalue weighted by Gasteiger charge is 2.17. The highest BCUT2D eigenvalue weighted by atomic mass is 79.9. The summed E-state index contributed by atoms with van der Waals surface area (Å²) in [5, 5.41) is 2.77. The highest BCUT2D eigenvalue weighted by Crippen LogP contribution is 2.40. The van der Waals surface area contributed by atoms with Crippen LogP contribution in [0.1, 0.15) is 16.1 Å². The quantitative estimate of drug-likeness (QED) is 0.698. The van der Waals surface area contributed by atoms with E-state index in [9.17, 15) is 4.79 Å². The number of amides is 1. The van der Waals surface area contributed by atoms with Gasteiger partial charge in [-0.25, -0.2) is 4.98 Å². The molecule has 0 unspecified atom stereocenters. The number of aryl methyl sites for hydroxylation is 1. The molecule has 1 aliphatic rings. The fourth-order valence-electron chi connectivity index (χ4n) is 2.66. The third-order valence-corrected chi connectivity index (χ3v) is 4.66. The standard InChI is InChI=1S/C19H14BrN3O3/c1-11-3-2-6-21-18(11)19(24)23-17-5-4-12(9-22-17)13-7-15-16(8-14(13)20)26-10-25-15/h2-9H,10H2,1H3,(H,22,23,24). The molecule has 3 heterocycles. The van der Waals surface area contributed by atoms with E-state index in [1.54, 1.807) is 24.5 Å². The number of fused-ring (bicyclic) bond motifs is 1. The number of carbonyl (C=O) groups excluding carboxylic acids is 1. The summed E-state index contributed by atoms with van der Waals surface area (Å²) in [5.74, 6) is 1.59. The van der Waals surface area contributed by atoms with Crippen molar-refractivity contribution in [2.45, 2.75) is 6.92 Å². The lowest BCUT2D eigenvalue weighted by atomic mass is 10.1. The number of hydrogen-bond acceptors (Lipinski definition) is 5. The van der Waals surface area contributed by atoms with Crippen molar-refractivity contribution < 1.29 is 14.3 Å². The molecule has 7 heteroatoms. The summed E-state index contributed by atoms with van der Waals surface area (Å²) in [5.41, 5.74) is 3.02. The topological polar surface area (TPSA) is 73.3 Å². The highest BCUT2D eigenvalue weighted by molar-refractivity contribution is 9.10. The molecule has 0 aliphatic carbocycles. The van der Waals surface area contributed by atoms with Crippen LogP contribution in [0.25, 0.3) is 11.1 Å². The van der Waals surface area contributed by atoms with Crippen LogP contribution in [0.2, 0.25) is 0 Å². The third kappa shape index (κ3) is 3.13. The molecule has 1 aliphatic heterocycles. The van der Waals surface area contributed by atoms with Gasteiger partial charge in [0, 0.05) is 28.0 Å². The molecule has 26 heavy (non-hydrogen) atoms. The van der Waals surface area contributed by atoms with Crippen LogP contribution in [0, 0.1) is 6.92 Å². The van der Waals surface area contributed by atoms with Crippen LogP contribution < -0.4 is 14.8 Å². The second-order valence-electron chi connectivity index (χ2n) is 5.74. The van der Waals surface area contributed by atoms with E-state index < -0.39 is 0 Å². The molecule has 0 atom stereocenters. The second-order valence-corrected chi connectivity index (χ2v) is 6.59. The third-order valence-electron chi connectivity index (χ3n) is 4.00. The molecule has 0 radical (unpaired) electrons. The zero-order valence-corrected chi connectivity index (χ0v) is 15.4. The number of nitrogens with one attached hydrogen (secondary N) is 1. The van der Waals surface area contributed by atoms with Gasteiger partial charge in [0.05, 0.1) is 0 Å². The lowest BCUT2D eigenvalue weighted by Crippen LogP contribution is -2.15. The average molecular weight is 412 g/mol. The van der Waals surface area contributed by atoms with Crippen molar-refractivity contribution in [3.05, 3.63) is 64.5 Å². The van der Waals surface area contributed by atoms with Crippen LogP contribution in [0.15, 0.2) is 53.3 Å². The maximum absolute atomic E-state index is 12.3. The van der Waals surface area contributed by atoms with Gasteiger partial charge < -0.3 is 14.8 Å². The Bertz CT molecular complexity index is 990. The van der Waals surface area contributed by atoms with Crippen LogP contribution in [-0.2, 0) is 0 Å². The Hall–Kier alpha value is -2.93. The van der Waals surface area contributed by atoms with Crippen molar-refractivity contribution in [3.63, 3.8) is 0 Å². The summed E-state index contributed by atoms with van der Waals surface area (Å²) in [6.45, 7) is 2.07. The van der Waals surface area contributed by atoms with Gasteiger partial charge in [-0.05, 0) is 42.8 Å². The summed E-state index contributed by atoms with van der Waals surface area (Å²) in [6, 6.07) is 11.0. The number of halogens is 1. The van der Waals surface area contributed by atoms with E-state index in [4.69, 9.17) is 9.47 Å². The van der Waals surface area contributed by atoms with E-state index in [0.717, 1.165) is 21.2 Å². The minimum atomic E-state index is -0.285. The van der Waals surface area contributed by atoms with E-state index in [2.05, 4.69) is 31.2 Å². The molecule has 0 bridgehead atoms. The Morgan fingerprint density at radius 2 is 1.96 bits per heavy atom. The van der Waals surface area contributed by atoms with E-state index >= 15 is 0 Å². The first-order valence-electron chi connectivity index (χ1n) is 7.90. The minimum Gasteiger partial charge on any atom is -0.454 e. The predicted molar refractivity (Wildman–Crippen MR) is 100 cm³/mol. The first-order chi connectivity index (χ1) is 12.6. The molecule has 1 aromatic carbocycles. The van der Waals surface area contributed by atoms with Gasteiger partial charge in [0.25, 0.3) is 5.91 Å². The molecular weight excluding hydrogens is 398 g/mol. The van der Waals surface area contributed by atoms with Crippen molar-refractivity contribution in [2.24, 2.45) is 0 Å². The lowest BCUT2D eigenvalue weighted by Gasteiger charge is -2.09. The Balaban J connectivity index is 1.56. The molecule has 2 aromatic heterocycles. The Morgan fingerprint density at radius 3 is 2.69 bits per heavy atom. The van der Waals surface area contributed by atoms with E-state index in [1.165, 1.54) is 0 Å². The maximum Gasteiger partial charge on any atom is 0.275 e. The normalized spacial score (nSPS) is 12.1. The van der Waals surface area contributed by atoms with Gasteiger partial charge >= 0.3 is 0 Å². The average Bonchev–Trinajstić information content (AvgIpc) is 3.09. The van der Waals surface area contributed by atoms with Crippen molar-refractivity contribution in [3.8, 4) is 22.6 Å². The van der Waals surface area contributed by atoms with Crippen molar-refractivity contribution in [1.29, 1.82) is 0 Å². The van der Waals surface area contributed by atoms with Gasteiger partial charge in [-0.15, -0.1) is 0 Å². The summed E-state index contributed by atoms with van der Waals surface area (Å²) in [6.07, 6.45) is 3.29. The SMILES string of the molecule is Cc1cccnc1C(=O)Nc1ccc(-c2cc3c(cc2Br)OCO3)cn1. The van der Waals surface area contributed by atoms with Gasteiger partial charge in [0.1, 0.15) is 11.5 Å². The van der Waals surface area contributed by atoms with Crippen molar-refractivity contribution in [1.82, 2.24) is 9.97 Å². The van der Waals surface area contributed by atoms with Gasteiger partial charge in [0.15, 0.2) is 11.5 Å². The van der Waals surface area contributed by atoms with Crippen LogP contribution in [0.4, 0.5) is 5.82 Å². The number of ether oxygens (including phenoxy) is 2. The molecule has 4 rings (SSSR count). The smallest absolute Gasteiger partial charge is 0.275 e. The lowest BCUT2D eigenvalue weighted by molar-refractivity contribution is 0.102. The molecule has 1 amide bonds. The van der Waals surface area contributed by atoms with E-state index in [-0.39, 0.29) is 12.7 Å². The van der Waals surface area contributed by atoms with Gasteiger partial charge in [-0.2, -0.15) is 0 Å². The van der Waals surface area contributed by atoms with Gasteiger partial charge in [-0.3, -0.25) is 9.78 Å². The predicted octanol–water partition coefficient (Wildman–Crippen LogP) is 4.20. The number of anilines is 1. The van der Waals surface area contributed by atoms with Gasteiger partial charge in [0.2, 0.25) is 6.79 Å². The van der Waals surface area contributed by atoms with E-state index in [1.807, 2.05) is 31.2 Å². The number of pyridine rings is 2. The monoisotopic (exact) mass is 411 g/mol. The zero-order valence-electron chi connectivity index (χ0n) is 13.8. The van der Waals surface area contributed by atoms with Crippen LogP contribution in [0.3, 0.4) is 0 Å². The molecule has 0 saturated carbocycles. The summed E-state index contributed by atoms with van der Waals surface area (Å²) in [7, 11) is 0. The van der Waals surface area contributed by atoms with Crippen LogP contribution in [0.5, 0.6) is 11.5 Å². The molecule has 1 N–H and O–H groups in total. The number of nitrogens with zero attached hydrogens (tertiary/aromatic N) is 2. The summed E-state index contributed by atoms with van der Waals surface area (Å²) >= 11 is 3.54. The van der Waals surface area contributed by atoms with Crippen LogP contribution in [-0.4, -0.2) is 22.7 Å². The first kappa shape index (κ1) is 16.5. The minimum absolute atomic E-state index is 0.224. The number of rotatable bonds is 3. The Labute approximate surface area is 158 Å². The largest absolute Gasteiger partial charge is 0.454 e. The Kier molecular flexibility index (Phi) is 4.30. The number of benzene rings is 1. The van der Waals surface area contributed by atoms with Crippen molar-refractivity contribution in [2.75, 3.05) is 12.1 Å². The van der Waals surface area contributed by atoms with Crippen molar-refractivity contribution >= 4 is 27.7 Å². The van der Waals surface area contributed by atoms with Gasteiger partial charge in [-0.1, -0.05) is 22.0 Å². The number of hydrogen-bond donors (Lipinski definition) is 1. The summed E-state index contributed by atoms with van der Waals surface area (Å²) in [4.78, 5) is 20.8. The molecule has 3 aromatic rings. The molecular formula is C19H14BrN3O3. The molecule has 130 valence electrons. The summed E-state index contributed by atoms with van der Waals surface area (Å²) < 4.78 is 11.7. The number of aromatic nitrogens is 2. The molecule has 6 nitrogen and oxygen atoms in total.